The van der Waals surface area contributed by atoms with Gasteiger partial charge in [0.15, 0.2) is 0 Å². The summed E-state index contributed by atoms with van der Waals surface area (Å²) < 4.78 is 5.16. The Labute approximate surface area is 194 Å². The highest BCUT2D eigenvalue weighted by Crippen LogP contribution is 2.30. The van der Waals surface area contributed by atoms with E-state index in [1.54, 1.807) is 38.3 Å². The number of nitrogens with one attached hydrogen (secondary N) is 2. The Balaban J connectivity index is 1.67. The number of nitrogens with zero attached hydrogens (tertiary/aromatic N) is 2. The molecule has 0 spiro atoms. The van der Waals surface area contributed by atoms with Crippen molar-refractivity contribution in [2.24, 2.45) is 0 Å². The SMILES string of the molecule is CCN(CC)C(CNC(=O)CN1C(=O)NC(C)(c2ccc(OC)cc2)C1=O)c1ccccc1. The normalized spacial score (nSPS) is 18.9. The molecule has 3 rings (SSSR count). The van der Waals surface area contributed by atoms with Crippen molar-refractivity contribution in [1.82, 2.24) is 20.4 Å². The van der Waals surface area contributed by atoms with Crippen molar-refractivity contribution in [1.29, 1.82) is 0 Å². The molecule has 0 aliphatic carbocycles. The second kappa shape index (κ2) is 10.5. The second-order valence-corrected chi connectivity index (χ2v) is 8.13. The Bertz CT molecular complexity index is 976. The Morgan fingerprint density at radius 2 is 1.73 bits per heavy atom. The van der Waals surface area contributed by atoms with Gasteiger partial charge in [0, 0.05) is 6.54 Å². The molecule has 33 heavy (non-hydrogen) atoms. The zero-order chi connectivity index (χ0) is 24.0. The van der Waals surface area contributed by atoms with Crippen LogP contribution in [0.2, 0.25) is 0 Å². The van der Waals surface area contributed by atoms with Gasteiger partial charge in [-0.2, -0.15) is 0 Å². The van der Waals surface area contributed by atoms with Crippen LogP contribution in [0.5, 0.6) is 5.75 Å². The number of carbonyl (C=O) groups excluding carboxylic acids is 3. The largest absolute Gasteiger partial charge is 0.497 e. The maximum Gasteiger partial charge on any atom is 0.325 e. The van der Waals surface area contributed by atoms with E-state index in [-0.39, 0.29) is 18.5 Å². The number of carbonyl (C=O) groups is 3. The lowest BCUT2D eigenvalue weighted by atomic mass is 9.92. The number of hydrogen-bond acceptors (Lipinski definition) is 5. The summed E-state index contributed by atoms with van der Waals surface area (Å²) in [7, 11) is 1.56. The van der Waals surface area contributed by atoms with Crippen LogP contribution in [0.4, 0.5) is 4.79 Å². The highest BCUT2D eigenvalue weighted by molar-refractivity contribution is 6.09. The monoisotopic (exact) mass is 452 g/mol. The van der Waals surface area contributed by atoms with E-state index in [0.717, 1.165) is 23.6 Å². The third-order valence-electron chi connectivity index (χ3n) is 6.17. The van der Waals surface area contributed by atoms with Gasteiger partial charge in [0.1, 0.15) is 17.8 Å². The molecule has 0 saturated carbocycles. The zero-order valence-electron chi connectivity index (χ0n) is 19.6. The van der Waals surface area contributed by atoms with Crippen LogP contribution in [0.3, 0.4) is 0 Å². The molecule has 1 aliphatic heterocycles. The minimum absolute atomic E-state index is 0.00202. The van der Waals surface area contributed by atoms with Gasteiger partial charge < -0.3 is 15.4 Å². The lowest BCUT2D eigenvalue weighted by molar-refractivity contribution is -0.134. The zero-order valence-corrected chi connectivity index (χ0v) is 19.6. The van der Waals surface area contributed by atoms with E-state index in [4.69, 9.17) is 4.74 Å². The lowest BCUT2D eigenvalue weighted by Crippen LogP contribution is -2.45. The molecule has 8 nitrogen and oxygen atoms in total. The molecular weight excluding hydrogens is 420 g/mol. The third-order valence-corrected chi connectivity index (χ3v) is 6.17. The first-order valence-corrected chi connectivity index (χ1v) is 11.2. The molecule has 4 amide bonds. The molecule has 1 saturated heterocycles. The number of imide groups is 1. The second-order valence-electron chi connectivity index (χ2n) is 8.13. The number of ether oxygens (including phenoxy) is 1. The summed E-state index contributed by atoms with van der Waals surface area (Å²) in [5.74, 6) is -0.196. The van der Waals surface area contributed by atoms with Crippen molar-refractivity contribution in [2.75, 3.05) is 33.3 Å². The number of amides is 4. The van der Waals surface area contributed by atoms with Crippen LogP contribution in [0.25, 0.3) is 0 Å². The average Bonchev–Trinajstić information content (AvgIpc) is 3.06. The predicted octanol–water partition coefficient (Wildman–Crippen LogP) is 2.66. The standard InChI is InChI=1S/C25H32N4O4/c1-5-28(6-2)21(18-10-8-7-9-11-18)16-26-22(30)17-29-23(31)25(3,27-24(29)32)19-12-14-20(33-4)15-13-19/h7-15,21H,5-6,16-17H2,1-4H3,(H,26,30)(H,27,32). The highest BCUT2D eigenvalue weighted by atomic mass is 16.5. The molecule has 2 aromatic rings. The Kier molecular flexibility index (Phi) is 7.71. The molecule has 0 bridgehead atoms. The van der Waals surface area contributed by atoms with Gasteiger partial charge in [0.25, 0.3) is 5.91 Å². The van der Waals surface area contributed by atoms with Crippen molar-refractivity contribution in [2.45, 2.75) is 32.4 Å². The number of methoxy groups -OCH3 is 1. The van der Waals surface area contributed by atoms with Gasteiger partial charge in [-0.05, 0) is 43.3 Å². The van der Waals surface area contributed by atoms with Crippen molar-refractivity contribution in [3.63, 3.8) is 0 Å². The van der Waals surface area contributed by atoms with Crippen molar-refractivity contribution < 1.29 is 19.1 Å². The van der Waals surface area contributed by atoms with Crippen molar-refractivity contribution in [3.05, 3.63) is 65.7 Å². The van der Waals surface area contributed by atoms with E-state index in [1.807, 2.05) is 30.3 Å². The Morgan fingerprint density at radius 1 is 1.09 bits per heavy atom. The molecule has 1 heterocycles. The first-order valence-electron chi connectivity index (χ1n) is 11.2. The van der Waals surface area contributed by atoms with Crippen LogP contribution in [-0.2, 0) is 15.1 Å². The first-order chi connectivity index (χ1) is 15.8. The molecule has 0 radical (unpaired) electrons. The van der Waals surface area contributed by atoms with E-state index in [2.05, 4.69) is 29.4 Å². The first kappa shape index (κ1) is 24.3. The van der Waals surface area contributed by atoms with Gasteiger partial charge in [-0.25, -0.2) is 4.79 Å². The Hall–Kier alpha value is -3.39. The number of urea groups is 1. The molecule has 2 aromatic carbocycles. The van der Waals surface area contributed by atoms with Crippen LogP contribution in [0.1, 0.15) is 37.9 Å². The van der Waals surface area contributed by atoms with Crippen LogP contribution < -0.4 is 15.4 Å². The van der Waals surface area contributed by atoms with Gasteiger partial charge in [0.05, 0.1) is 13.2 Å². The van der Waals surface area contributed by atoms with Gasteiger partial charge in [0.2, 0.25) is 5.91 Å². The van der Waals surface area contributed by atoms with E-state index in [1.165, 1.54) is 0 Å². The maximum absolute atomic E-state index is 13.1. The minimum atomic E-state index is -1.24. The number of likely N-dealkylation sites (N-methyl/N-ethyl adjacent to an activating group) is 1. The van der Waals surface area contributed by atoms with Gasteiger partial charge in [-0.15, -0.1) is 0 Å². The number of hydrogen-bond donors (Lipinski definition) is 2. The molecule has 2 unspecified atom stereocenters. The van der Waals surface area contributed by atoms with Gasteiger partial charge in [-0.3, -0.25) is 19.4 Å². The van der Waals surface area contributed by atoms with Crippen LogP contribution >= 0.6 is 0 Å². The summed E-state index contributed by atoms with van der Waals surface area (Å²) in [5.41, 5.74) is 0.482. The van der Waals surface area contributed by atoms with E-state index in [9.17, 15) is 14.4 Å². The Morgan fingerprint density at radius 3 is 2.30 bits per heavy atom. The van der Waals surface area contributed by atoms with Crippen LogP contribution in [0, 0.1) is 0 Å². The number of rotatable bonds is 10. The fourth-order valence-corrected chi connectivity index (χ4v) is 4.17. The summed E-state index contributed by atoms with van der Waals surface area (Å²) in [5, 5.41) is 5.63. The number of benzene rings is 2. The van der Waals surface area contributed by atoms with Crippen LogP contribution in [0.15, 0.2) is 54.6 Å². The lowest BCUT2D eigenvalue weighted by Gasteiger charge is -2.30. The van der Waals surface area contributed by atoms with Crippen molar-refractivity contribution >= 4 is 17.8 Å². The molecular formula is C25H32N4O4. The molecule has 0 aromatic heterocycles. The summed E-state index contributed by atoms with van der Waals surface area (Å²) in [4.78, 5) is 41.6. The van der Waals surface area contributed by atoms with Crippen molar-refractivity contribution in [3.8, 4) is 5.75 Å². The summed E-state index contributed by atoms with van der Waals surface area (Å²) >= 11 is 0. The molecule has 1 fully saturated rings. The van der Waals surface area contributed by atoms with E-state index < -0.39 is 17.5 Å². The summed E-state index contributed by atoms with van der Waals surface area (Å²) in [6.45, 7) is 7.50. The topological polar surface area (TPSA) is 91.0 Å². The minimum Gasteiger partial charge on any atom is -0.497 e. The fraction of sp³-hybridized carbons (Fsp3) is 0.400. The molecule has 2 N–H and O–H groups in total. The quantitative estimate of drug-likeness (QED) is 0.541. The average molecular weight is 453 g/mol. The highest BCUT2D eigenvalue weighted by Gasteiger charge is 2.49. The third kappa shape index (κ3) is 5.17. The molecule has 8 heteroatoms. The summed E-state index contributed by atoms with van der Waals surface area (Å²) in [6.07, 6.45) is 0. The fourth-order valence-electron chi connectivity index (χ4n) is 4.17. The maximum atomic E-state index is 13.1. The smallest absolute Gasteiger partial charge is 0.325 e. The van der Waals surface area contributed by atoms with Gasteiger partial charge >= 0.3 is 6.03 Å². The predicted molar refractivity (Wildman–Crippen MR) is 126 cm³/mol. The van der Waals surface area contributed by atoms with E-state index in [0.29, 0.717) is 17.9 Å². The van der Waals surface area contributed by atoms with Crippen LogP contribution in [-0.4, -0.2) is 60.9 Å². The molecule has 1 aliphatic rings. The molecule has 2 atom stereocenters. The molecule has 176 valence electrons. The van der Waals surface area contributed by atoms with Gasteiger partial charge in [-0.1, -0.05) is 56.3 Å². The summed E-state index contributed by atoms with van der Waals surface area (Å²) in [6, 6.07) is 16.3. The van der Waals surface area contributed by atoms with E-state index >= 15 is 0 Å².